The van der Waals surface area contributed by atoms with Gasteiger partial charge in [0.25, 0.3) is 0 Å². The van der Waals surface area contributed by atoms with E-state index >= 15 is 0 Å². The molecule has 0 spiro atoms. The lowest BCUT2D eigenvalue weighted by atomic mass is 10.1. The second kappa shape index (κ2) is 3.59. The van der Waals surface area contributed by atoms with Crippen LogP contribution in [-0.4, -0.2) is 13.1 Å². The van der Waals surface area contributed by atoms with E-state index in [4.69, 9.17) is 11.6 Å². The molecule has 0 aromatic rings. The molecule has 0 bridgehead atoms. The third kappa shape index (κ3) is 2.84. The monoisotopic (exact) mass is 173 g/mol. The number of halogens is 1. The SMILES string of the molecule is CC1(C)CC1CNC/C=C/Cl. The Balaban J connectivity index is 1.98. The summed E-state index contributed by atoms with van der Waals surface area (Å²) in [5.74, 6) is 0.881. The molecule has 0 amide bonds. The molecular weight excluding hydrogens is 158 g/mol. The molecule has 0 heterocycles. The molecule has 0 radical (unpaired) electrons. The molecule has 1 nitrogen and oxygen atoms in total. The minimum atomic E-state index is 0.595. The zero-order valence-corrected chi connectivity index (χ0v) is 7.99. The third-order valence-electron chi connectivity index (χ3n) is 2.46. The van der Waals surface area contributed by atoms with Gasteiger partial charge in [-0.25, -0.2) is 0 Å². The molecule has 11 heavy (non-hydrogen) atoms. The van der Waals surface area contributed by atoms with Crippen molar-refractivity contribution in [2.24, 2.45) is 11.3 Å². The molecule has 0 saturated heterocycles. The molecule has 1 N–H and O–H groups in total. The zero-order chi connectivity index (χ0) is 8.32. The van der Waals surface area contributed by atoms with Crippen LogP contribution in [0.3, 0.4) is 0 Å². The maximum Gasteiger partial charge on any atom is 0.0146 e. The Labute approximate surface area is 73.8 Å². The van der Waals surface area contributed by atoms with Crippen molar-refractivity contribution in [1.82, 2.24) is 5.32 Å². The van der Waals surface area contributed by atoms with E-state index in [1.807, 2.05) is 6.08 Å². The van der Waals surface area contributed by atoms with Gasteiger partial charge < -0.3 is 5.32 Å². The van der Waals surface area contributed by atoms with Crippen LogP contribution in [0, 0.1) is 11.3 Å². The number of nitrogens with one attached hydrogen (secondary N) is 1. The molecule has 1 rings (SSSR count). The molecule has 0 aromatic carbocycles. The first-order valence-corrected chi connectivity index (χ1v) is 4.56. The Hall–Kier alpha value is -0.0100. The fourth-order valence-electron chi connectivity index (χ4n) is 1.31. The van der Waals surface area contributed by atoms with Gasteiger partial charge in [0.1, 0.15) is 0 Å². The molecule has 1 fully saturated rings. The number of hydrogen-bond acceptors (Lipinski definition) is 1. The molecular formula is C9H16ClN. The van der Waals surface area contributed by atoms with Crippen molar-refractivity contribution in [3.63, 3.8) is 0 Å². The molecule has 0 aromatic heterocycles. The highest BCUT2D eigenvalue weighted by molar-refractivity contribution is 6.25. The van der Waals surface area contributed by atoms with Crippen LogP contribution in [0.25, 0.3) is 0 Å². The minimum Gasteiger partial charge on any atom is -0.313 e. The number of rotatable bonds is 4. The van der Waals surface area contributed by atoms with Crippen molar-refractivity contribution in [3.05, 3.63) is 11.6 Å². The van der Waals surface area contributed by atoms with Gasteiger partial charge in [-0.05, 0) is 24.3 Å². The van der Waals surface area contributed by atoms with E-state index in [1.165, 1.54) is 6.42 Å². The predicted octanol–water partition coefficient (Wildman–Crippen LogP) is 2.37. The minimum absolute atomic E-state index is 0.595. The molecule has 2 heteroatoms. The lowest BCUT2D eigenvalue weighted by Crippen LogP contribution is -2.18. The highest BCUT2D eigenvalue weighted by Crippen LogP contribution is 2.50. The van der Waals surface area contributed by atoms with Gasteiger partial charge in [0, 0.05) is 12.1 Å². The summed E-state index contributed by atoms with van der Waals surface area (Å²) in [5.41, 5.74) is 2.16. The highest BCUT2D eigenvalue weighted by Gasteiger charge is 2.44. The summed E-state index contributed by atoms with van der Waals surface area (Å²) < 4.78 is 0. The van der Waals surface area contributed by atoms with Gasteiger partial charge in [-0.1, -0.05) is 31.5 Å². The second-order valence-electron chi connectivity index (χ2n) is 3.91. The Morgan fingerprint density at radius 1 is 1.64 bits per heavy atom. The molecule has 1 saturated carbocycles. The quantitative estimate of drug-likeness (QED) is 0.644. The van der Waals surface area contributed by atoms with Crippen molar-refractivity contribution < 1.29 is 0 Å². The van der Waals surface area contributed by atoms with Gasteiger partial charge in [-0.15, -0.1) is 0 Å². The van der Waals surface area contributed by atoms with Crippen LogP contribution in [0.5, 0.6) is 0 Å². The van der Waals surface area contributed by atoms with Gasteiger partial charge in [0.2, 0.25) is 0 Å². The second-order valence-corrected chi connectivity index (χ2v) is 4.16. The summed E-state index contributed by atoms with van der Waals surface area (Å²) >= 11 is 5.37. The fourth-order valence-corrected chi connectivity index (χ4v) is 1.40. The summed E-state index contributed by atoms with van der Waals surface area (Å²) in [6.07, 6.45) is 3.29. The van der Waals surface area contributed by atoms with Crippen LogP contribution in [0.4, 0.5) is 0 Å². The summed E-state index contributed by atoms with van der Waals surface area (Å²) in [6.45, 7) is 6.66. The zero-order valence-electron chi connectivity index (χ0n) is 7.23. The Bertz CT molecular complexity index is 152. The largest absolute Gasteiger partial charge is 0.313 e. The lowest BCUT2D eigenvalue weighted by Gasteiger charge is -2.02. The summed E-state index contributed by atoms with van der Waals surface area (Å²) in [6, 6.07) is 0. The van der Waals surface area contributed by atoms with Gasteiger partial charge in [0.15, 0.2) is 0 Å². The first-order valence-electron chi connectivity index (χ1n) is 4.13. The summed E-state index contributed by atoms with van der Waals surface area (Å²) in [7, 11) is 0. The van der Waals surface area contributed by atoms with Gasteiger partial charge in [0.05, 0.1) is 0 Å². The van der Waals surface area contributed by atoms with Crippen molar-refractivity contribution in [2.45, 2.75) is 20.3 Å². The summed E-state index contributed by atoms with van der Waals surface area (Å²) in [4.78, 5) is 0. The maximum absolute atomic E-state index is 5.37. The Morgan fingerprint density at radius 2 is 2.27 bits per heavy atom. The predicted molar refractivity (Wildman–Crippen MR) is 49.8 cm³/mol. The van der Waals surface area contributed by atoms with E-state index in [1.54, 1.807) is 5.54 Å². The summed E-state index contributed by atoms with van der Waals surface area (Å²) in [5, 5.41) is 3.33. The standard InChI is InChI=1S/C9H16ClN/c1-9(2)6-8(9)7-11-5-3-4-10/h3-4,8,11H,5-7H2,1-2H3/b4-3+. The third-order valence-corrected chi connectivity index (χ3v) is 2.64. The lowest BCUT2D eigenvalue weighted by molar-refractivity contribution is 0.532. The van der Waals surface area contributed by atoms with Crippen LogP contribution < -0.4 is 5.32 Å². The smallest absolute Gasteiger partial charge is 0.0146 e. The van der Waals surface area contributed by atoms with E-state index < -0.39 is 0 Å². The Morgan fingerprint density at radius 3 is 2.73 bits per heavy atom. The van der Waals surface area contributed by atoms with Gasteiger partial charge >= 0.3 is 0 Å². The fraction of sp³-hybridized carbons (Fsp3) is 0.778. The topological polar surface area (TPSA) is 12.0 Å². The van der Waals surface area contributed by atoms with Crippen molar-refractivity contribution >= 4 is 11.6 Å². The van der Waals surface area contributed by atoms with E-state index in [2.05, 4.69) is 19.2 Å². The normalized spacial score (nSPS) is 27.7. The van der Waals surface area contributed by atoms with Crippen LogP contribution in [0.15, 0.2) is 11.6 Å². The molecule has 1 unspecified atom stereocenters. The van der Waals surface area contributed by atoms with Gasteiger partial charge in [-0.3, -0.25) is 0 Å². The van der Waals surface area contributed by atoms with E-state index in [0.29, 0.717) is 5.41 Å². The van der Waals surface area contributed by atoms with Crippen molar-refractivity contribution in [3.8, 4) is 0 Å². The van der Waals surface area contributed by atoms with Crippen molar-refractivity contribution in [1.29, 1.82) is 0 Å². The number of hydrogen-bond donors (Lipinski definition) is 1. The highest BCUT2D eigenvalue weighted by atomic mass is 35.5. The molecule has 1 atom stereocenters. The van der Waals surface area contributed by atoms with E-state index in [-0.39, 0.29) is 0 Å². The van der Waals surface area contributed by atoms with Gasteiger partial charge in [-0.2, -0.15) is 0 Å². The van der Waals surface area contributed by atoms with Crippen LogP contribution >= 0.6 is 11.6 Å². The van der Waals surface area contributed by atoms with Crippen LogP contribution in [0.2, 0.25) is 0 Å². The van der Waals surface area contributed by atoms with E-state index in [9.17, 15) is 0 Å². The molecule has 64 valence electrons. The van der Waals surface area contributed by atoms with Crippen LogP contribution in [-0.2, 0) is 0 Å². The maximum atomic E-state index is 5.37. The first kappa shape index (κ1) is 9.08. The van der Waals surface area contributed by atoms with E-state index in [0.717, 1.165) is 19.0 Å². The molecule has 1 aliphatic rings. The Kier molecular flexibility index (Phi) is 2.97. The average Bonchev–Trinajstić information content (AvgIpc) is 2.52. The average molecular weight is 174 g/mol. The molecule has 1 aliphatic carbocycles. The molecule has 0 aliphatic heterocycles. The van der Waals surface area contributed by atoms with Crippen molar-refractivity contribution in [2.75, 3.05) is 13.1 Å². The first-order chi connectivity index (χ1) is 5.17. The van der Waals surface area contributed by atoms with Crippen LogP contribution in [0.1, 0.15) is 20.3 Å².